The van der Waals surface area contributed by atoms with Crippen LogP contribution >= 0.6 is 0 Å². The summed E-state index contributed by atoms with van der Waals surface area (Å²) in [4.78, 5) is 40.2. The SMILES string of the molecule is CC(C)(C)OC(=O)NCC=O.CCOC(=O)C(F)C=O. The van der Waals surface area contributed by atoms with Crippen molar-refractivity contribution in [3.63, 3.8) is 0 Å². The first-order valence-corrected chi connectivity index (χ1v) is 5.84. The van der Waals surface area contributed by atoms with Gasteiger partial charge in [-0.3, -0.25) is 4.79 Å². The number of alkyl halides is 1. The van der Waals surface area contributed by atoms with Crippen molar-refractivity contribution in [1.82, 2.24) is 5.32 Å². The Morgan fingerprint density at radius 1 is 1.30 bits per heavy atom. The lowest BCUT2D eigenvalue weighted by Crippen LogP contribution is -2.33. The molecule has 116 valence electrons. The van der Waals surface area contributed by atoms with Gasteiger partial charge in [-0.15, -0.1) is 0 Å². The molecule has 1 amide bonds. The fraction of sp³-hybridized carbons (Fsp3) is 0.667. The van der Waals surface area contributed by atoms with Crippen LogP contribution in [0.15, 0.2) is 0 Å². The summed E-state index contributed by atoms with van der Waals surface area (Å²) in [5.74, 6) is -1.12. The molecule has 0 saturated heterocycles. The van der Waals surface area contributed by atoms with Gasteiger partial charge in [0.1, 0.15) is 11.9 Å². The van der Waals surface area contributed by atoms with Crippen molar-refractivity contribution < 1.29 is 33.0 Å². The van der Waals surface area contributed by atoms with E-state index in [4.69, 9.17) is 4.74 Å². The number of carbonyl (C=O) groups excluding carboxylic acids is 4. The average molecular weight is 293 g/mol. The van der Waals surface area contributed by atoms with Crippen molar-refractivity contribution in [3.8, 4) is 0 Å². The van der Waals surface area contributed by atoms with Crippen LogP contribution in [-0.2, 0) is 23.9 Å². The summed E-state index contributed by atoms with van der Waals surface area (Å²) in [6.07, 6.45) is -2.18. The van der Waals surface area contributed by atoms with E-state index < -0.39 is 23.8 Å². The maximum absolute atomic E-state index is 11.9. The molecule has 0 fully saturated rings. The van der Waals surface area contributed by atoms with Crippen LogP contribution in [0.3, 0.4) is 0 Å². The van der Waals surface area contributed by atoms with E-state index in [1.165, 1.54) is 6.92 Å². The van der Waals surface area contributed by atoms with Crippen LogP contribution in [0, 0.1) is 0 Å². The molecule has 8 heteroatoms. The summed E-state index contributed by atoms with van der Waals surface area (Å²) in [5, 5.41) is 2.26. The summed E-state index contributed by atoms with van der Waals surface area (Å²) in [5.41, 5.74) is -0.507. The highest BCUT2D eigenvalue weighted by Crippen LogP contribution is 2.05. The average Bonchev–Trinajstić information content (AvgIpc) is 2.34. The molecule has 0 aliphatic heterocycles. The van der Waals surface area contributed by atoms with Crippen molar-refractivity contribution in [1.29, 1.82) is 0 Å². The highest BCUT2D eigenvalue weighted by atomic mass is 19.1. The fourth-order valence-electron chi connectivity index (χ4n) is 0.717. The van der Waals surface area contributed by atoms with E-state index in [-0.39, 0.29) is 19.4 Å². The first-order chi connectivity index (χ1) is 9.17. The minimum Gasteiger partial charge on any atom is -0.464 e. The van der Waals surface area contributed by atoms with E-state index >= 15 is 0 Å². The molecule has 1 unspecified atom stereocenters. The number of nitrogens with one attached hydrogen (secondary N) is 1. The topological polar surface area (TPSA) is 98.8 Å². The lowest BCUT2D eigenvalue weighted by atomic mass is 10.2. The van der Waals surface area contributed by atoms with Crippen molar-refractivity contribution in [2.45, 2.75) is 39.5 Å². The third-order valence-corrected chi connectivity index (χ3v) is 1.36. The van der Waals surface area contributed by atoms with Gasteiger partial charge in [0, 0.05) is 0 Å². The molecular weight excluding hydrogens is 273 g/mol. The van der Waals surface area contributed by atoms with Crippen molar-refractivity contribution in [2.75, 3.05) is 13.2 Å². The van der Waals surface area contributed by atoms with Crippen molar-refractivity contribution >= 4 is 24.6 Å². The molecule has 0 heterocycles. The summed E-state index contributed by atoms with van der Waals surface area (Å²) in [7, 11) is 0. The van der Waals surface area contributed by atoms with Gasteiger partial charge in [0.05, 0.1) is 13.2 Å². The lowest BCUT2D eigenvalue weighted by Gasteiger charge is -2.18. The molecule has 0 aromatic carbocycles. The number of hydrogen-bond acceptors (Lipinski definition) is 6. The number of rotatable bonds is 5. The van der Waals surface area contributed by atoms with E-state index in [9.17, 15) is 23.6 Å². The van der Waals surface area contributed by atoms with Gasteiger partial charge >= 0.3 is 12.1 Å². The number of esters is 1. The Bertz CT molecular complexity index is 326. The van der Waals surface area contributed by atoms with E-state index in [2.05, 4.69) is 10.1 Å². The van der Waals surface area contributed by atoms with Gasteiger partial charge in [-0.05, 0) is 27.7 Å². The smallest absolute Gasteiger partial charge is 0.408 e. The third kappa shape index (κ3) is 14.1. The highest BCUT2D eigenvalue weighted by molar-refractivity contribution is 5.90. The zero-order valence-corrected chi connectivity index (χ0v) is 12.0. The van der Waals surface area contributed by atoms with Gasteiger partial charge in [-0.25, -0.2) is 14.0 Å². The molecular formula is C12H20FNO6. The van der Waals surface area contributed by atoms with Gasteiger partial charge < -0.3 is 19.6 Å². The first-order valence-electron chi connectivity index (χ1n) is 5.84. The van der Waals surface area contributed by atoms with Gasteiger partial charge in [-0.2, -0.15) is 0 Å². The van der Waals surface area contributed by atoms with Crippen molar-refractivity contribution in [3.05, 3.63) is 0 Å². The molecule has 0 aliphatic rings. The number of alkyl carbamates (subject to hydrolysis) is 1. The van der Waals surface area contributed by atoms with E-state index in [1.807, 2.05) is 0 Å². The van der Waals surface area contributed by atoms with E-state index in [0.717, 1.165) is 0 Å². The van der Waals surface area contributed by atoms with Gasteiger partial charge in [0.2, 0.25) is 0 Å². The van der Waals surface area contributed by atoms with Gasteiger partial charge in [0.25, 0.3) is 6.17 Å². The van der Waals surface area contributed by atoms with E-state index in [1.54, 1.807) is 20.8 Å². The van der Waals surface area contributed by atoms with Crippen LogP contribution in [0.4, 0.5) is 9.18 Å². The van der Waals surface area contributed by atoms with Crippen LogP contribution in [0.5, 0.6) is 0 Å². The molecule has 1 N–H and O–H groups in total. The number of hydrogen-bond donors (Lipinski definition) is 1. The molecule has 0 bridgehead atoms. The maximum Gasteiger partial charge on any atom is 0.408 e. The van der Waals surface area contributed by atoms with Crippen LogP contribution < -0.4 is 5.32 Å². The lowest BCUT2D eigenvalue weighted by molar-refractivity contribution is -0.150. The fourth-order valence-corrected chi connectivity index (χ4v) is 0.717. The molecule has 0 spiro atoms. The normalized spacial score (nSPS) is 11.2. The van der Waals surface area contributed by atoms with Gasteiger partial charge in [0.15, 0.2) is 6.29 Å². The molecule has 0 saturated carbocycles. The predicted molar refractivity (Wildman–Crippen MR) is 67.9 cm³/mol. The Morgan fingerprint density at radius 2 is 1.85 bits per heavy atom. The monoisotopic (exact) mass is 293 g/mol. The maximum atomic E-state index is 11.9. The highest BCUT2D eigenvalue weighted by Gasteiger charge is 2.16. The summed E-state index contributed by atoms with van der Waals surface area (Å²) >= 11 is 0. The molecule has 1 atom stereocenters. The molecule has 20 heavy (non-hydrogen) atoms. The predicted octanol–water partition coefficient (Wildman–Crippen LogP) is 0.796. The molecule has 7 nitrogen and oxygen atoms in total. The molecule has 0 rings (SSSR count). The first kappa shape index (κ1) is 20.3. The summed E-state index contributed by atoms with van der Waals surface area (Å²) in [6.45, 7) is 6.89. The third-order valence-electron chi connectivity index (χ3n) is 1.36. The van der Waals surface area contributed by atoms with Crippen LogP contribution in [-0.4, -0.2) is 49.6 Å². The number of carbonyl (C=O) groups is 4. The van der Waals surface area contributed by atoms with Crippen LogP contribution in [0.2, 0.25) is 0 Å². The Morgan fingerprint density at radius 3 is 2.20 bits per heavy atom. The number of halogens is 1. The van der Waals surface area contributed by atoms with Crippen LogP contribution in [0.25, 0.3) is 0 Å². The largest absolute Gasteiger partial charge is 0.464 e. The Hall–Kier alpha value is -1.99. The zero-order valence-electron chi connectivity index (χ0n) is 12.0. The van der Waals surface area contributed by atoms with Crippen LogP contribution in [0.1, 0.15) is 27.7 Å². The Kier molecular flexibility index (Phi) is 11.1. The number of aldehydes is 2. The number of ether oxygens (including phenoxy) is 2. The Labute approximate surface area is 116 Å². The quantitative estimate of drug-likeness (QED) is 0.457. The minimum absolute atomic E-state index is 0.00505. The summed E-state index contributed by atoms with van der Waals surface area (Å²) < 4.78 is 20.9. The zero-order chi connectivity index (χ0) is 16.2. The minimum atomic E-state index is -2.12. The second-order valence-electron chi connectivity index (χ2n) is 4.34. The number of amides is 1. The summed E-state index contributed by atoms with van der Waals surface area (Å²) in [6, 6.07) is 0. The molecule has 0 radical (unpaired) electrons. The van der Waals surface area contributed by atoms with Crippen molar-refractivity contribution in [2.24, 2.45) is 0 Å². The van der Waals surface area contributed by atoms with E-state index in [0.29, 0.717) is 6.29 Å². The standard InChI is InChI=1S/C7H13NO3.C5H7FO3/c1-7(2,3)11-6(10)8-4-5-9;1-2-9-5(8)4(6)3-7/h5H,4H2,1-3H3,(H,8,10);3-4H,2H2,1H3. The molecule has 0 aliphatic carbocycles. The molecule has 0 aromatic heterocycles. The van der Waals surface area contributed by atoms with Gasteiger partial charge in [-0.1, -0.05) is 0 Å². The Balaban J connectivity index is 0. The molecule has 0 aromatic rings. The second kappa shape index (κ2) is 10.9. The second-order valence-corrected chi connectivity index (χ2v) is 4.34.